The molecule has 0 saturated carbocycles. The lowest BCUT2D eigenvalue weighted by Crippen LogP contribution is -2.24. The molecular formula is C17H18N4O5S. The Morgan fingerprint density at radius 2 is 1.89 bits per heavy atom. The van der Waals surface area contributed by atoms with Crippen LogP contribution < -0.4 is 11.5 Å². The normalized spacial score (nSPS) is 11.0. The summed E-state index contributed by atoms with van der Waals surface area (Å²) < 4.78 is 26.0. The van der Waals surface area contributed by atoms with Crippen LogP contribution in [0, 0.1) is 17.0 Å². The molecule has 9 nitrogen and oxygen atoms in total. The molecule has 27 heavy (non-hydrogen) atoms. The second-order valence-corrected chi connectivity index (χ2v) is 7.67. The highest BCUT2D eigenvalue weighted by Crippen LogP contribution is 2.33. The summed E-state index contributed by atoms with van der Waals surface area (Å²) in [7, 11) is -4.17. The molecular weight excluding hydrogens is 372 g/mol. The van der Waals surface area contributed by atoms with Crippen molar-refractivity contribution in [3.05, 3.63) is 63.2 Å². The van der Waals surface area contributed by atoms with E-state index in [-0.39, 0.29) is 22.4 Å². The van der Waals surface area contributed by atoms with Crippen LogP contribution in [0.4, 0.5) is 5.69 Å². The zero-order valence-corrected chi connectivity index (χ0v) is 15.5. The molecule has 1 amide bonds. The van der Waals surface area contributed by atoms with Gasteiger partial charge in [-0.2, -0.15) is 4.99 Å². The van der Waals surface area contributed by atoms with Gasteiger partial charge in [0.1, 0.15) is 4.90 Å². The SMILES string of the molecule is CCc1cc(S(=O)(=O)c2cccc(C)c2)c([N+](=O)[O-])cc1C(=O)N=C(N)N. The van der Waals surface area contributed by atoms with Crippen molar-refractivity contribution < 1.29 is 18.1 Å². The Morgan fingerprint density at radius 3 is 2.41 bits per heavy atom. The van der Waals surface area contributed by atoms with Crippen LogP contribution in [0.25, 0.3) is 0 Å². The zero-order chi connectivity index (χ0) is 20.4. The Balaban J connectivity index is 2.79. The first-order chi connectivity index (χ1) is 12.6. The molecule has 10 heteroatoms. The number of hydrogen-bond acceptors (Lipinski definition) is 5. The molecule has 0 aromatic heterocycles. The quantitative estimate of drug-likeness (QED) is 0.340. The number of nitro groups is 1. The highest BCUT2D eigenvalue weighted by atomic mass is 32.2. The number of sulfone groups is 1. The van der Waals surface area contributed by atoms with E-state index in [1.807, 2.05) is 0 Å². The Labute approximate surface area is 155 Å². The molecule has 0 bridgehead atoms. The van der Waals surface area contributed by atoms with Crippen LogP contribution in [0.3, 0.4) is 0 Å². The molecule has 0 fully saturated rings. The van der Waals surface area contributed by atoms with Crippen LogP contribution in [-0.2, 0) is 16.3 Å². The van der Waals surface area contributed by atoms with Gasteiger partial charge in [0.25, 0.3) is 11.6 Å². The molecule has 2 aromatic carbocycles. The smallest absolute Gasteiger partial charge is 0.289 e. The van der Waals surface area contributed by atoms with Crippen molar-refractivity contribution in [2.45, 2.75) is 30.1 Å². The van der Waals surface area contributed by atoms with E-state index >= 15 is 0 Å². The molecule has 0 aliphatic rings. The number of amides is 1. The summed E-state index contributed by atoms with van der Waals surface area (Å²) in [5, 5.41) is 11.5. The maximum atomic E-state index is 13.0. The lowest BCUT2D eigenvalue weighted by Gasteiger charge is -2.11. The highest BCUT2D eigenvalue weighted by molar-refractivity contribution is 7.91. The fourth-order valence-electron chi connectivity index (χ4n) is 2.55. The van der Waals surface area contributed by atoms with E-state index < -0.39 is 37.2 Å². The number of carbonyl (C=O) groups is 1. The van der Waals surface area contributed by atoms with Gasteiger partial charge in [0.2, 0.25) is 9.84 Å². The predicted molar refractivity (Wildman–Crippen MR) is 99.2 cm³/mol. The van der Waals surface area contributed by atoms with E-state index in [2.05, 4.69) is 4.99 Å². The third kappa shape index (κ3) is 4.11. The number of carbonyl (C=O) groups excluding carboxylic acids is 1. The molecule has 0 radical (unpaired) electrons. The van der Waals surface area contributed by atoms with Crippen molar-refractivity contribution in [2.24, 2.45) is 16.5 Å². The lowest BCUT2D eigenvalue weighted by atomic mass is 10.0. The van der Waals surface area contributed by atoms with Gasteiger partial charge in [0.15, 0.2) is 5.96 Å². The van der Waals surface area contributed by atoms with Crippen LogP contribution in [-0.4, -0.2) is 25.2 Å². The van der Waals surface area contributed by atoms with Crippen LogP contribution in [0.2, 0.25) is 0 Å². The first-order valence-electron chi connectivity index (χ1n) is 7.85. The van der Waals surface area contributed by atoms with E-state index in [9.17, 15) is 23.3 Å². The van der Waals surface area contributed by atoms with Crippen LogP contribution in [0.5, 0.6) is 0 Å². The fraction of sp³-hybridized carbons (Fsp3) is 0.176. The summed E-state index contributed by atoms with van der Waals surface area (Å²) in [4.78, 5) is 25.6. The zero-order valence-electron chi connectivity index (χ0n) is 14.7. The van der Waals surface area contributed by atoms with Crippen LogP contribution in [0.15, 0.2) is 51.2 Å². The number of nitro benzene ring substituents is 1. The second-order valence-electron chi connectivity index (χ2n) is 5.75. The largest absolute Gasteiger partial charge is 0.370 e. The van der Waals surface area contributed by atoms with E-state index in [0.29, 0.717) is 5.56 Å². The van der Waals surface area contributed by atoms with E-state index in [1.54, 1.807) is 26.0 Å². The third-order valence-electron chi connectivity index (χ3n) is 3.81. The molecule has 0 unspecified atom stereocenters. The monoisotopic (exact) mass is 390 g/mol. The summed E-state index contributed by atoms with van der Waals surface area (Å²) in [6.45, 7) is 3.39. The summed E-state index contributed by atoms with van der Waals surface area (Å²) >= 11 is 0. The molecule has 0 spiro atoms. The number of nitrogens with zero attached hydrogens (tertiary/aromatic N) is 2. The van der Waals surface area contributed by atoms with Gasteiger partial charge in [-0.15, -0.1) is 0 Å². The lowest BCUT2D eigenvalue weighted by molar-refractivity contribution is -0.387. The van der Waals surface area contributed by atoms with Crippen molar-refractivity contribution in [1.82, 2.24) is 0 Å². The number of aryl methyl sites for hydroxylation is 2. The van der Waals surface area contributed by atoms with Gasteiger partial charge in [0, 0.05) is 6.07 Å². The van der Waals surface area contributed by atoms with Gasteiger partial charge < -0.3 is 11.5 Å². The van der Waals surface area contributed by atoms with Gasteiger partial charge in [-0.05, 0) is 42.7 Å². The molecule has 4 N–H and O–H groups in total. The molecule has 2 aromatic rings. The van der Waals surface area contributed by atoms with E-state index in [4.69, 9.17) is 11.5 Å². The number of benzene rings is 2. The standard InChI is InChI=1S/C17H18N4O5S/c1-3-11-8-15(27(25,26)12-6-4-5-10(2)7-12)14(21(23)24)9-13(11)16(22)20-17(18)19/h4-9H,3H2,1-2H3,(H4,18,19,20,22). The van der Waals surface area contributed by atoms with Gasteiger partial charge in [-0.1, -0.05) is 19.1 Å². The van der Waals surface area contributed by atoms with Gasteiger partial charge in [-0.3, -0.25) is 14.9 Å². The summed E-state index contributed by atoms with van der Waals surface area (Å²) in [5.74, 6) is -1.38. The number of rotatable bonds is 5. The molecule has 0 aliphatic heterocycles. The van der Waals surface area contributed by atoms with Gasteiger partial charge in [0.05, 0.1) is 15.4 Å². The van der Waals surface area contributed by atoms with Crippen molar-refractivity contribution in [3.63, 3.8) is 0 Å². The Kier molecular flexibility index (Phi) is 5.60. The number of guanidine groups is 1. The van der Waals surface area contributed by atoms with Crippen molar-refractivity contribution in [1.29, 1.82) is 0 Å². The first kappa shape index (κ1) is 20.0. The van der Waals surface area contributed by atoms with E-state index in [0.717, 1.165) is 12.1 Å². The molecule has 0 atom stereocenters. The van der Waals surface area contributed by atoms with E-state index in [1.165, 1.54) is 12.1 Å². The molecule has 0 aliphatic carbocycles. The number of hydrogen-bond donors (Lipinski definition) is 2. The van der Waals surface area contributed by atoms with Crippen molar-refractivity contribution >= 4 is 27.4 Å². The molecule has 0 saturated heterocycles. The van der Waals surface area contributed by atoms with Gasteiger partial charge >= 0.3 is 0 Å². The van der Waals surface area contributed by atoms with Crippen LogP contribution >= 0.6 is 0 Å². The summed E-state index contributed by atoms with van der Waals surface area (Å²) in [6, 6.07) is 8.06. The maximum Gasteiger partial charge on any atom is 0.289 e. The first-order valence-corrected chi connectivity index (χ1v) is 9.33. The third-order valence-corrected chi connectivity index (χ3v) is 5.59. The second kappa shape index (κ2) is 7.54. The average molecular weight is 390 g/mol. The summed E-state index contributed by atoms with van der Waals surface area (Å²) in [6.07, 6.45) is 0.245. The minimum absolute atomic E-state index is 0.0732. The van der Waals surface area contributed by atoms with Crippen molar-refractivity contribution in [3.8, 4) is 0 Å². The molecule has 142 valence electrons. The van der Waals surface area contributed by atoms with Crippen molar-refractivity contribution in [2.75, 3.05) is 0 Å². The predicted octanol–water partition coefficient (Wildman–Crippen LogP) is 1.71. The molecule has 0 heterocycles. The Morgan fingerprint density at radius 1 is 1.22 bits per heavy atom. The van der Waals surface area contributed by atoms with Gasteiger partial charge in [-0.25, -0.2) is 8.42 Å². The Hall–Kier alpha value is -3.27. The topological polar surface area (TPSA) is 159 Å². The summed E-state index contributed by atoms with van der Waals surface area (Å²) in [5.41, 5.74) is 10.5. The van der Waals surface area contributed by atoms with Crippen LogP contribution in [0.1, 0.15) is 28.4 Å². The minimum atomic E-state index is -4.17. The fourth-order valence-corrected chi connectivity index (χ4v) is 4.11. The average Bonchev–Trinajstić information content (AvgIpc) is 2.59. The number of nitrogens with two attached hydrogens (primary N) is 2. The minimum Gasteiger partial charge on any atom is -0.370 e. The Bertz CT molecular complexity index is 1060. The maximum absolute atomic E-state index is 13.0. The molecule has 2 rings (SSSR count). The highest BCUT2D eigenvalue weighted by Gasteiger charge is 2.30. The number of aliphatic imine (C=N–C) groups is 1.